The zero-order valence-electron chi connectivity index (χ0n) is 7.95. The van der Waals surface area contributed by atoms with Gasteiger partial charge in [0, 0.05) is 11.1 Å². The van der Waals surface area contributed by atoms with Gasteiger partial charge in [-0.1, -0.05) is 5.92 Å². The van der Waals surface area contributed by atoms with Crippen molar-refractivity contribution in [3.8, 4) is 29.6 Å². The first-order chi connectivity index (χ1) is 7.38. The Balaban J connectivity index is 2.17. The quantitative estimate of drug-likeness (QED) is 0.598. The third-order valence-electron chi connectivity index (χ3n) is 2.41. The predicted molar refractivity (Wildman–Crippen MR) is 54.9 cm³/mol. The highest BCUT2D eigenvalue weighted by atomic mass is 16.7. The number of ether oxygens (including phenoxy) is 3. The number of rotatable bonds is 0. The molecule has 3 rings (SSSR count). The van der Waals surface area contributed by atoms with Crippen molar-refractivity contribution in [1.29, 1.82) is 0 Å². The maximum absolute atomic E-state index is 5.55. The van der Waals surface area contributed by atoms with Crippen LogP contribution >= 0.6 is 0 Å². The molecule has 0 bridgehead atoms. The molecule has 3 nitrogen and oxygen atoms in total. The SMILES string of the molecule is C#CC1=Cc2ccc3c(c2OC1)OCO3. The van der Waals surface area contributed by atoms with Crippen molar-refractivity contribution in [2.75, 3.05) is 13.4 Å². The Labute approximate surface area is 87.3 Å². The van der Waals surface area contributed by atoms with E-state index in [-0.39, 0.29) is 6.79 Å². The van der Waals surface area contributed by atoms with Crippen LogP contribution in [0.1, 0.15) is 5.56 Å². The molecule has 0 fully saturated rings. The lowest BCUT2D eigenvalue weighted by atomic mass is 10.1. The Kier molecular flexibility index (Phi) is 1.63. The average molecular weight is 200 g/mol. The van der Waals surface area contributed by atoms with Crippen molar-refractivity contribution in [1.82, 2.24) is 0 Å². The van der Waals surface area contributed by atoms with Crippen molar-refractivity contribution in [3.63, 3.8) is 0 Å². The van der Waals surface area contributed by atoms with E-state index in [4.69, 9.17) is 20.6 Å². The van der Waals surface area contributed by atoms with Gasteiger partial charge in [-0.2, -0.15) is 0 Å². The van der Waals surface area contributed by atoms with Crippen LogP contribution in [0.25, 0.3) is 6.08 Å². The summed E-state index contributed by atoms with van der Waals surface area (Å²) in [5, 5.41) is 0. The van der Waals surface area contributed by atoms with Gasteiger partial charge in [0.05, 0.1) is 0 Å². The summed E-state index contributed by atoms with van der Waals surface area (Å²) in [6.45, 7) is 0.671. The largest absolute Gasteiger partial charge is 0.484 e. The number of terminal acetylenes is 1. The molecule has 0 atom stereocenters. The highest BCUT2D eigenvalue weighted by molar-refractivity contribution is 5.72. The minimum Gasteiger partial charge on any atom is -0.484 e. The first kappa shape index (κ1) is 8.25. The summed E-state index contributed by atoms with van der Waals surface area (Å²) in [7, 11) is 0. The lowest BCUT2D eigenvalue weighted by Crippen LogP contribution is -2.06. The second-order valence-corrected chi connectivity index (χ2v) is 3.32. The first-order valence-corrected chi connectivity index (χ1v) is 4.61. The molecule has 0 unspecified atom stereocenters. The fraction of sp³-hybridized carbons (Fsp3) is 0.167. The third kappa shape index (κ3) is 1.15. The Hall–Kier alpha value is -2.08. The van der Waals surface area contributed by atoms with Crippen molar-refractivity contribution in [2.45, 2.75) is 0 Å². The van der Waals surface area contributed by atoms with Crippen LogP contribution in [0, 0.1) is 12.3 Å². The van der Waals surface area contributed by atoms with Crippen LogP contribution in [0.15, 0.2) is 17.7 Å². The van der Waals surface area contributed by atoms with E-state index in [9.17, 15) is 0 Å². The maximum Gasteiger partial charge on any atom is 0.231 e. The summed E-state index contributed by atoms with van der Waals surface area (Å²) >= 11 is 0. The monoisotopic (exact) mass is 200 g/mol. The molecule has 0 spiro atoms. The molecular formula is C12H8O3. The van der Waals surface area contributed by atoms with E-state index < -0.39 is 0 Å². The maximum atomic E-state index is 5.55. The molecule has 0 saturated carbocycles. The molecule has 2 aliphatic heterocycles. The van der Waals surface area contributed by atoms with Crippen LogP contribution in [0.2, 0.25) is 0 Å². The van der Waals surface area contributed by atoms with Gasteiger partial charge in [0.25, 0.3) is 0 Å². The molecule has 1 aromatic rings. The Bertz CT molecular complexity index is 494. The van der Waals surface area contributed by atoms with Gasteiger partial charge in [0.15, 0.2) is 11.5 Å². The second kappa shape index (κ2) is 2.96. The Morgan fingerprint density at radius 2 is 2.07 bits per heavy atom. The third-order valence-corrected chi connectivity index (χ3v) is 2.41. The highest BCUT2D eigenvalue weighted by Gasteiger charge is 2.23. The highest BCUT2D eigenvalue weighted by Crippen LogP contribution is 2.45. The molecule has 0 aromatic heterocycles. The minimum atomic E-state index is 0.251. The van der Waals surface area contributed by atoms with Crippen LogP contribution in [0.3, 0.4) is 0 Å². The van der Waals surface area contributed by atoms with Gasteiger partial charge in [-0.25, -0.2) is 0 Å². The van der Waals surface area contributed by atoms with Crippen molar-refractivity contribution < 1.29 is 14.2 Å². The van der Waals surface area contributed by atoms with E-state index in [1.165, 1.54) is 0 Å². The molecule has 15 heavy (non-hydrogen) atoms. The zero-order chi connectivity index (χ0) is 10.3. The minimum absolute atomic E-state index is 0.251. The van der Waals surface area contributed by atoms with E-state index in [0.29, 0.717) is 12.4 Å². The van der Waals surface area contributed by atoms with Crippen LogP contribution in [0.4, 0.5) is 0 Å². The molecule has 0 saturated heterocycles. The van der Waals surface area contributed by atoms with Gasteiger partial charge >= 0.3 is 0 Å². The fourth-order valence-electron chi connectivity index (χ4n) is 1.69. The van der Waals surface area contributed by atoms with E-state index in [1.54, 1.807) is 0 Å². The summed E-state index contributed by atoms with van der Waals surface area (Å²) in [5.41, 5.74) is 1.78. The lowest BCUT2D eigenvalue weighted by Gasteiger charge is -2.16. The fourth-order valence-corrected chi connectivity index (χ4v) is 1.69. The van der Waals surface area contributed by atoms with E-state index in [0.717, 1.165) is 22.6 Å². The number of hydrogen-bond donors (Lipinski definition) is 0. The molecule has 0 radical (unpaired) electrons. The van der Waals surface area contributed by atoms with Crippen molar-refractivity contribution >= 4 is 6.08 Å². The molecular weight excluding hydrogens is 192 g/mol. The molecule has 1 aromatic carbocycles. The van der Waals surface area contributed by atoms with Gasteiger partial charge in [-0.3, -0.25) is 0 Å². The van der Waals surface area contributed by atoms with Gasteiger partial charge in [0.2, 0.25) is 12.5 Å². The average Bonchev–Trinajstić information content (AvgIpc) is 2.76. The van der Waals surface area contributed by atoms with Gasteiger partial charge in [-0.15, -0.1) is 6.42 Å². The number of fused-ring (bicyclic) bond motifs is 3. The second-order valence-electron chi connectivity index (χ2n) is 3.32. The van der Waals surface area contributed by atoms with Gasteiger partial charge in [-0.05, 0) is 18.2 Å². The van der Waals surface area contributed by atoms with Crippen LogP contribution in [0.5, 0.6) is 17.2 Å². The molecule has 2 aliphatic rings. The summed E-state index contributed by atoms with van der Waals surface area (Å²) < 4.78 is 16.1. The normalized spacial score (nSPS) is 16.1. The summed E-state index contributed by atoms with van der Waals surface area (Å²) in [5.74, 6) is 4.71. The Morgan fingerprint density at radius 1 is 1.13 bits per heavy atom. The molecule has 74 valence electrons. The molecule has 2 heterocycles. The molecule has 3 heteroatoms. The first-order valence-electron chi connectivity index (χ1n) is 4.61. The van der Waals surface area contributed by atoms with E-state index in [1.807, 2.05) is 18.2 Å². The van der Waals surface area contributed by atoms with Crippen LogP contribution in [-0.4, -0.2) is 13.4 Å². The lowest BCUT2D eigenvalue weighted by molar-refractivity contribution is 0.170. The van der Waals surface area contributed by atoms with Crippen molar-refractivity contribution in [3.05, 3.63) is 23.3 Å². The van der Waals surface area contributed by atoms with Crippen LogP contribution < -0.4 is 14.2 Å². The topological polar surface area (TPSA) is 27.7 Å². The Morgan fingerprint density at radius 3 is 2.93 bits per heavy atom. The van der Waals surface area contributed by atoms with Crippen molar-refractivity contribution in [2.24, 2.45) is 0 Å². The number of benzene rings is 1. The standard InChI is InChI=1S/C12H8O3/c1-2-8-5-9-3-4-10-12(15-7-14-10)11(9)13-6-8/h1,3-5H,6-7H2. The van der Waals surface area contributed by atoms with E-state index >= 15 is 0 Å². The summed E-state index contributed by atoms with van der Waals surface area (Å²) in [4.78, 5) is 0. The van der Waals surface area contributed by atoms with Gasteiger partial charge < -0.3 is 14.2 Å². The van der Waals surface area contributed by atoms with E-state index in [2.05, 4.69) is 5.92 Å². The van der Waals surface area contributed by atoms with Crippen LogP contribution in [-0.2, 0) is 0 Å². The number of hydrogen-bond acceptors (Lipinski definition) is 3. The smallest absolute Gasteiger partial charge is 0.231 e. The summed E-state index contributed by atoms with van der Waals surface area (Å²) in [6, 6.07) is 3.78. The van der Waals surface area contributed by atoms with Gasteiger partial charge in [0.1, 0.15) is 6.61 Å². The molecule has 0 aliphatic carbocycles. The predicted octanol–water partition coefficient (Wildman–Crippen LogP) is 1.82. The molecule has 0 amide bonds. The zero-order valence-corrected chi connectivity index (χ0v) is 7.95. The molecule has 0 N–H and O–H groups in total. The summed E-state index contributed by atoms with van der Waals surface area (Å²) in [6.07, 6.45) is 7.25.